The van der Waals surface area contributed by atoms with Gasteiger partial charge in [-0.1, -0.05) is 0 Å². The Morgan fingerprint density at radius 1 is 1.62 bits per heavy atom. The Morgan fingerprint density at radius 2 is 2.50 bits per heavy atom. The molecule has 2 unspecified atom stereocenters. The average molecular weight is 112 g/mol. The van der Waals surface area contributed by atoms with Gasteiger partial charge in [0.2, 0.25) is 0 Å². The van der Waals surface area contributed by atoms with Crippen molar-refractivity contribution in [1.29, 1.82) is 0 Å². The number of fused-ring (bicyclic) bond motifs is 1. The van der Waals surface area contributed by atoms with Gasteiger partial charge in [-0.3, -0.25) is 0 Å². The number of hydrogen-bond acceptors (Lipinski definition) is 2. The molecule has 0 bridgehead atoms. The van der Waals surface area contributed by atoms with Gasteiger partial charge in [-0.15, -0.1) is 0 Å². The summed E-state index contributed by atoms with van der Waals surface area (Å²) in [5.74, 6) is 0. The summed E-state index contributed by atoms with van der Waals surface area (Å²) in [4.78, 5) is 2.42. The summed E-state index contributed by atoms with van der Waals surface area (Å²) in [6.07, 6.45) is 1.36. The molecule has 0 aromatic carbocycles. The number of hydrogen-bond donors (Lipinski definition) is 1. The second kappa shape index (κ2) is 1.45. The Balaban J connectivity index is 2.02. The molecule has 2 aliphatic rings. The molecule has 2 heterocycles. The Labute approximate surface area is 49.9 Å². The molecule has 2 atom stereocenters. The summed E-state index contributed by atoms with van der Waals surface area (Å²) in [7, 11) is 2.20. The van der Waals surface area contributed by atoms with Crippen molar-refractivity contribution in [3.63, 3.8) is 0 Å². The Hall–Kier alpha value is -0.0800. The first kappa shape index (κ1) is 4.77. The Morgan fingerprint density at radius 3 is 3.00 bits per heavy atom. The second-order valence-corrected chi connectivity index (χ2v) is 2.86. The normalized spacial score (nSPS) is 46.1. The quantitative estimate of drug-likeness (QED) is 0.461. The molecular formula is C6H12N2. The number of rotatable bonds is 0. The lowest BCUT2D eigenvalue weighted by atomic mass is 10.00. The van der Waals surface area contributed by atoms with Gasteiger partial charge < -0.3 is 10.2 Å². The van der Waals surface area contributed by atoms with Crippen LogP contribution in [-0.4, -0.2) is 37.1 Å². The standard InChI is InChI=1S/C6H12N2/c1-8-4-5-6(8)2-3-7-5/h5-7H,2-4H2,1H3. The molecule has 0 spiro atoms. The van der Waals surface area contributed by atoms with Crippen LogP contribution in [0.1, 0.15) is 6.42 Å². The van der Waals surface area contributed by atoms with Crippen LogP contribution < -0.4 is 5.32 Å². The van der Waals surface area contributed by atoms with Crippen molar-refractivity contribution in [2.24, 2.45) is 0 Å². The molecule has 2 rings (SSSR count). The Bertz CT molecular complexity index is 103. The van der Waals surface area contributed by atoms with E-state index in [1.54, 1.807) is 0 Å². The Kier molecular flexibility index (Phi) is 0.866. The van der Waals surface area contributed by atoms with Gasteiger partial charge in [-0.25, -0.2) is 0 Å². The van der Waals surface area contributed by atoms with Gasteiger partial charge in [0, 0.05) is 18.6 Å². The predicted molar refractivity (Wildman–Crippen MR) is 32.8 cm³/mol. The van der Waals surface area contributed by atoms with Gasteiger partial charge in [0.1, 0.15) is 0 Å². The van der Waals surface area contributed by atoms with Crippen LogP contribution >= 0.6 is 0 Å². The molecule has 2 heteroatoms. The SMILES string of the molecule is CN1CC2NCCC21. The molecule has 2 fully saturated rings. The smallest absolute Gasteiger partial charge is 0.0351 e. The van der Waals surface area contributed by atoms with Crippen LogP contribution in [-0.2, 0) is 0 Å². The zero-order chi connectivity index (χ0) is 5.56. The first-order valence-corrected chi connectivity index (χ1v) is 3.31. The van der Waals surface area contributed by atoms with E-state index in [9.17, 15) is 0 Å². The van der Waals surface area contributed by atoms with E-state index < -0.39 is 0 Å². The van der Waals surface area contributed by atoms with Crippen molar-refractivity contribution >= 4 is 0 Å². The van der Waals surface area contributed by atoms with Gasteiger partial charge in [0.15, 0.2) is 0 Å². The lowest BCUT2D eigenvalue weighted by Gasteiger charge is -2.41. The lowest BCUT2D eigenvalue weighted by Crippen LogP contribution is -2.58. The average Bonchev–Trinajstić information content (AvgIpc) is 2.09. The summed E-state index contributed by atoms with van der Waals surface area (Å²) < 4.78 is 0. The minimum absolute atomic E-state index is 0.847. The summed E-state index contributed by atoms with van der Waals surface area (Å²) in [6, 6.07) is 1.73. The summed E-state index contributed by atoms with van der Waals surface area (Å²) >= 11 is 0. The molecule has 2 aliphatic heterocycles. The lowest BCUT2D eigenvalue weighted by molar-refractivity contribution is 0.106. The molecule has 0 radical (unpaired) electrons. The van der Waals surface area contributed by atoms with Crippen molar-refractivity contribution in [3.8, 4) is 0 Å². The van der Waals surface area contributed by atoms with Crippen molar-refractivity contribution in [3.05, 3.63) is 0 Å². The third-order valence-corrected chi connectivity index (χ3v) is 2.36. The molecule has 0 aromatic heterocycles. The van der Waals surface area contributed by atoms with E-state index >= 15 is 0 Å². The van der Waals surface area contributed by atoms with Crippen molar-refractivity contribution in [1.82, 2.24) is 10.2 Å². The molecule has 0 aromatic rings. The topological polar surface area (TPSA) is 15.3 Å². The van der Waals surface area contributed by atoms with Gasteiger partial charge in [-0.05, 0) is 20.0 Å². The fourth-order valence-corrected chi connectivity index (χ4v) is 1.78. The summed E-state index contributed by atoms with van der Waals surface area (Å²) in [6.45, 7) is 2.50. The van der Waals surface area contributed by atoms with E-state index in [1.165, 1.54) is 19.5 Å². The van der Waals surface area contributed by atoms with Crippen molar-refractivity contribution in [2.75, 3.05) is 20.1 Å². The van der Waals surface area contributed by atoms with Gasteiger partial charge in [0.05, 0.1) is 0 Å². The molecule has 0 aliphatic carbocycles. The van der Waals surface area contributed by atoms with Gasteiger partial charge in [0.25, 0.3) is 0 Å². The van der Waals surface area contributed by atoms with Crippen LogP contribution in [0.15, 0.2) is 0 Å². The molecular weight excluding hydrogens is 100 g/mol. The van der Waals surface area contributed by atoms with E-state index in [2.05, 4.69) is 17.3 Å². The highest BCUT2D eigenvalue weighted by atomic mass is 15.3. The van der Waals surface area contributed by atoms with Crippen LogP contribution in [0.3, 0.4) is 0 Å². The molecule has 46 valence electrons. The summed E-state index contributed by atoms with van der Waals surface area (Å²) in [5, 5.41) is 3.44. The van der Waals surface area contributed by atoms with E-state index in [4.69, 9.17) is 0 Å². The maximum atomic E-state index is 3.44. The first-order chi connectivity index (χ1) is 3.88. The molecule has 0 amide bonds. The third kappa shape index (κ3) is 0.446. The summed E-state index contributed by atoms with van der Waals surface area (Å²) in [5.41, 5.74) is 0. The largest absolute Gasteiger partial charge is 0.311 e. The predicted octanol–water partition coefficient (Wildman–Crippen LogP) is -0.338. The van der Waals surface area contributed by atoms with Crippen molar-refractivity contribution in [2.45, 2.75) is 18.5 Å². The first-order valence-electron chi connectivity index (χ1n) is 3.31. The number of likely N-dealkylation sites (tertiary alicyclic amines) is 1. The highest BCUT2D eigenvalue weighted by Crippen LogP contribution is 2.22. The van der Waals surface area contributed by atoms with Gasteiger partial charge >= 0.3 is 0 Å². The fraction of sp³-hybridized carbons (Fsp3) is 1.00. The van der Waals surface area contributed by atoms with E-state index in [0.29, 0.717) is 0 Å². The fourth-order valence-electron chi connectivity index (χ4n) is 1.78. The van der Waals surface area contributed by atoms with E-state index in [-0.39, 0.29) is 0 Å². The minimum Gasteiger partial charge on any atom is -0.311 e. The molecule has 8 heavy (non-hydrogen) atoms. The van der Waals surface area contributed by atoms with Gasteiger partial charge in [-0.2, -0.15) is 0 Å². The highest BCUT2D eigenvalue weighted by molar-refractivity contribution is 4.99. The van der Waals surface area contributed by atoms with Crippen LogP contribution in [0.2, 0.25) is 0 Å². The van der Waals surface area contributed by atoms with Crippen molar-refractivity contribution < 1.29 is 0 Å². The highest BCUT2D eigenvalue weighted by Gasteiger charge is 2.38. The van der Waals surface area contributed by atoms with E-state index in [1.807, 2.05) is 0 Å². The molecule has 0 saturated carbocycles. The number of nitrogens with one attached hydrogen (secondary N) is 1. The molecule has 1 N–H and O–H groups in total. The van der Waals surface area contributed by atoms with Crippen LogP contribution in [0.25, 0.3) is 0 Å². The monoisotopic (exact) mass is 112 g/mol. The molecule has 2 saturated heterocycles. The zero-order valence-electron chi connectivity index (χ0n) is 5.22. The maximum Gasteiger partial charge on any atom is 0.0351 e. The van der Waals surface area contributed by atoms with Crippen LogP contribution in [0.5, 0.6) is 0 Å². The maximum absolute atomic E-state index is 3.44. The van der Waals surface area contributed by atoms with Crippen LogP contribution in [0, 0.1) is 0 Å². The second-order valence-electron chi connectivity index (χ2n) is 2.86. The third-order valence-electron chi connectivity index (χ3n) is 2.36. The van der Waals surface area contributed by atoms with Crippen LogP contribution in [0.4, 0.5) is 0 Å². The number of likely N-dealkylation sites (N-methyl/N-ethyl adjacent to an activating group) is 1. The zero-order valence-corrected chi connectivity index (χ0v) is 5.22. The van der Waals surface area contributed by atoms with E-state index in [0.717, 1.165) is 12.1 Å². The minimum atomic E-state index is 0.847. The number of nitrogens with zero attached hydrogens (tertiary/aromatic N) is 1. The molecule has 2 nitrogen and oxygen atoms in total.